The fourth-order valence-corrected chi connectivity index (χ4v) is 1.52. The Morgan fingerprint density at radius 2 is 2.11 bits per heavy atom. The number of carbonyl (C=O) groups excluding carboxylic acids is 1. The molecule has 1 aromatic rings. The van der Waals surface area contributed by atoms with Crippen molar-refractivity contribution in [2.24, 2.45) is 0 Å². The minimum atomic E-state index is -0.557. The molecule has 19 heavy (non-hydrogen) atoms. The van der Waals surface area contributed by atoms with Crippen LogP contribution in [0.4, 0.5) is 10.6 Å². The average Bonchev–Trinajstić information content (AvgIpc) is 2.27. The van der Waals surface area contributed by atoms with Gasteiger partial charge in [-0.3, -0.25) is 4.90 Å². The van der Waals surface area contributed by atoms with Crippen LogP contribution in [0.15, 0.2) is 18.2 Å². The van der Waals surface area contributed by atoms with Crippen LogP contribution in [0.5, 0.6) is 0 Å². The molecule has 0 atom stereocenters. The van der Waals surface area contributed by atoms with Gasteiger partial charge in [0.15, 0.2) is 0 Å². The van der Waals surface area contributed by atoms with Crippen LogP contribution in [0.1, 0.15) is 32.9 Å². The smallest absolute Gasteiger partial charge is 0.416 e. The van der Waals surface area contributed by atoms with Gasteiger partial charge in [0.1, 0.15) is 11.4 Å². The van der Waals surface area contributed by atoms with Crippen LogP contribution in [-0.2, 0) is 4.74 Å². The van der Waals surface area contributed by atoms with Gasteiger partial charge in [0.2, 0.25) is 0 Å². The predicted molar refractivity (Wildman–Crippen MR) is 74.3 cm³/mol. The summed E-state index contributed by atoms with van der Waals surface area (Å²) in [7, 11) is 0. The molecule has 0 fully saturated rings. The monoisotopic (exact) mass is 266 g/mol. The van der Waals surface area contributed by atoms with E-state index in [1.165, 1.54) is 4.90 Å². The van der Waals surface area contributed by atoms with Crippen molar-refractivity contribution in [1.82, 2.24) is 4.98 Å². The number of pyridine rings is 1. The van der Waals surface area contributed by atoms with Crippen molar-refractivity contribution in [2.75, 3.05) is 18.1 Å². The Kier molecular flexibility index (Phi) is 5.30. The third kappa shape index (κ3) is 5.26. The van der Waals surface area contributed by atoms with Crippen LogP contribution in [0.2, 0.25) is 0 Å². The Labute approximate surface area is 114 Å². The van der Waals surface area contributed by atoms with E-state index >= 15 is 0 Å². The molecule has 0 saturated heterocycles. The summed E-state index contributed by atoms with van der Waals surface area (Å²) in [5.41, 5.74) is 0.272. The van der Waals surface area contributed by atoms with Crippen molar-refractivity contribution in [2.45, 2.75) is 39.7 Å². The normalized spacial score (nSPS) is 11.2. The number of aromatic nitrogens is 1. The van der Waals surface area contributed by atoms with E-state index in [1.54, 1.807) is 6.07 Å². The third-order valence-electron chi connectivity index (χ3n) is 2.30. The molecule has 1 amide bonds. The van der Waals surface area contributed by atoms with Crippen molar-refractivity contribution >= 4 is 11.9 Å². The summed E-state index contributed by atoms with van der Waals surface area (Å²) in [5.74, 6) is 0.544. The van der Waals surface area contributed by atoms with Gasteiger partial charge < -0.3 is 9.84 Å². The minimum absolute atomic E-state index is 0.0190. The van der Waals surface area contributed by atoms with Gasteiger partial charge in [-0.1, -0.05) is 6.07 Å². The van der Waals surface area contributed by atoms with Crippen LogP contribution >= 0.6 is 0 Å². The molecule has 5 nitrogen and oxygen atoms in total. The van der Waals surface area contributed by atoms with Gasteiger partial charge in [-0.15, -0.1) is 0 Å². The molecule has 0 aliphatic carbocycles. The summed E-state index contributed by atoms with van der Waals surface area (Å²) in [6.45, 7) is 7.71. The lowest BCUT2D eigenvalue weighted by atomic mass is 10.2. The molecule has 0 bridgehead atoms. The molecule has 1 heterocycles. The molecular formula is C14H22N2O3. The topological polar surface area (TPSA) is 62.7 Å². The lowest BCUT2D eigenvalue weighted by Crippen LogP contribution is -2.38. The lowest BCUT2D eigenvalue weighted by molar-refractivity contribution is 0.0577. The zero-order chi connectivity index (χ0) is 14.5. The van der Waals surface area contributed by atoms with Crippen LogP contribution in [-0.4, -0.2) is 34.9 Å². The molecular weight excluding hydrogens is 244 g/mol. The third-order valence-corrected chi connectivity index (χ3v) is 2.30. The maximum absolute atomic E-state index is 12.2. The Morgan fingerprint density at radius 1 is 1.42 bits per heavy atom. The quantitative estimate of drug-likeness (QED) is 0.909. The van der Waals surface area contributed by atoms with Gasteiger partial charge in [-0.25, -0.2) is 9.78 Å². The number of amides is 1. The number of aryl methyl sites for hydroxylation is 1. The van der Waals surface area contributed by atoms with Gasteiger partial charge in [0.05, 0.1) is 0 Å². The van der Waals surface area contributed by atoms with E-state index in [4.69, 9.17) is 9.84 Å². The minimum Gasteiger partial charge on any atom is -0.443 e. The largest absolute Gasteiger partial charge is 0.443 e. The first-order valence-electron chi connectivity index (χ1n) is 6.38. The second-order valence-electron chi connectivity index (χ2n) is 5.35. The molecule has 1 N–H and O–H groups in total. The van der Waals surface area contributed by atoms with Crippen molar-refractivity contribution in [3.8, 4) is 0 Å². The maximum atomic E-state index is 12.2. The summed E-state index contributed by atoms with van der Waals surface area (Å²) >= 11 is 0. The summed E-state index contributed by atoms with van der Waals surface area (Å²) < 4.78 is 5.36. The molecule has 0 aromatic carbocycles. The zero-order valence-electron chi connectivity index (χ0n) is 12.0. The molecule has 0 saturated carbocycles. The second-order valence-corrected chi connectivity index (χ2v) is 5.35. The SMILES string of the molecule is Cc1cccc(N(CCCO)C(=O)OC(C)(C)C)n1. The number of ether oxygens (including phenoxy) is 1. The molecule has 0 aliphatic rings. The van der Waals surface area contributed by atoms with Crippen molar-refractivity contribution in [1.29, 1.82) is 0 Å². The van der Waals surface area contributed by atoms with Gasteiger partial charge in [0, 0.05) is 18.8 Å². The Bertz CT molecular complexity index is 427. The summed E-state index contributed by atoms with van der Waals surface area (Å²) in [6.07, 6.45) is 0.0357. The van der Waals surface area contributed by atoms with Crippen LogP contribution in [0, 0.1) is 6.92 Å². The van der Waals surface area contributed by atoms with Crippen LogP contribution < -0.4 is 4.90 Å². The highest BCUT2D eigenvalue weighted by Crippen LogP contribution is 2.16. The summed E-state index contributed by atoms with van der Waals surface area (Å²) in [4.78, 5) is 17.9. The molecule has 0 spiro atoms. The van der Waals surface area contributed by atoms with Gasteiger partial charge >= 0.3 is 6.09 Å². The van der Waals surface area contributed by atoms with E-state index in [9.17, 15) is 4.79 Å². The van der Waals surface area contributed by atoms with E-state index in [0.29, 0.717) is 18.8 Å². The molecule has 106 valence electrons. The number of aliphatic hydroxyl groups is 1. The second kappa shape index (κ2) is 6.52. The zero-order valence-corrected chi connectivity index (χ0v) is 12.0. The standard InChI is InChI=1S/C14H22N2O3/c1-11-7-5-8-12(15-11)16(9-6-10-17)13(18)19-14(2,3)4/h5,7-8,17H,6,9-10H2,1-4H3. The molecule has 5 heteroatoms. The van der Waals surface area contributed by atoms with E-state index in [0.717, 1.165) is 5.69 Å². The summed E-state index contributed by atoms with van der Waals surface area (Å²) in [5, 5.41) is 8.93. The molecule has 0 radical (unpaired) electrons. The summed E-state index contributed by atoms with van der Waals surface area (Å²) in [6, 6.07) is 5.46. The molecule has 1 rings (SSSR count). The van der Waals surface area contributed by atoms with Gasteiger partial charge in [-0.05, 0) is 46.2 Å². The Balaban J connectivity index is 2.91. The van der Waals surface area contributed by atoms with Crippen molar-refractivity contribution in [3.05, 3.63) is 23.9 Å². The van der Waals surface area contributed by atoms with E-state index in [1.807, 2.05) is 39.8 Å². The molecule has 0 aliphatic heterocycles. The van der Waals surface area contributed by atoms with Crippen LogP contribution in [0.25, 0.3) is 0 Å². The Hall–Kier alpha value is -1.62. The van der Waals surface area contributed by atoms with Gasteiger partial charge in [-0.2, -0.15) is 0 Å². The number of rotatable bonds is 4. The maximum Gasteiger partial charge on any atom is 0.416 e. The highest BCUT2D eigenvalue weighted by atomic mass is 16.6. The number of nitrogens with zero attached hydrogens (tertiary/aromatic N) is 2. The van der Waals surface area contributed by atoms with Crippen LogP contribution in [0.3, 0.4) is 0 Å². The predicted octanol–water partition coefficient (Wildman–Crippen LogP) is 2.51. The first-order chi connectivity index (χ1) is 8.83. The van der Waals surface area contributed by atoms with E-state index in [-0.39, 0.29) is 6.61 Å². The average molecular weight is 266 g/mol. The number of anilines is 1. The fraction of sp³-hybridized carbons (Fsp3) is 0.571. The number of hydrogen-bond acceptors (Lipinski definition) is 4. The highest BCUT2D eigenvalue weighted by molar-refractivity contribution is 5.86. The van der Waals surface area contributed by atoms with Gasteiger partial charge in [0.25, 0.3) is 0 Å². The fourth-order valence-electron chi connectivity index (χ4n) is 1.52. The Morgan fingerprint density at radius 3 is 2.63 bits per heavy atom. The van der Waals surface area contributed by atoms with Crippen molar-refractivity contribution in [3.63, 3.8) is 0 Å². The molecule has 1 aromatic heterocycles. The van der Waals surface area contributed by atoms with E-state index < -0.39 is 11.7 Å². The first-order valence-corrected chi connectivity index (χ1v) is 6.38. The highest BCUT2D eigenvalue weighted by Gasteiger charge is 2.23. The van der Waals surface area contributed by atoms with E-state index in [2.05, 4.69) is 4.98 Å². The number of carbonyl (C=O) groups is 1. The van der Waals surface area contributed by atoms with Crippen molar-refractivity contribution < 1.29 is 14.6 Å². The molecule has 0 unspecified atom stereocenters. The number of hydrogen-bond donors (Lipinski definition) is 1. The lowest BCUT2D eigenvalue weighted by Gasteiger charge is -2.26. The first kappa shape index (κ1) is 15.4. The number of aliphatic hydroxyl groups excluding tert-OH is 1.